The van der Waals surface area contributed by atoms with Gasteiger partial charge >= 0.3 is 0 Å². The quantitative estimate of drug-likeness (QED) is 0.881. The zero-order chi connectivity index (χ0) is 14.7. The van der Waals surface area contributed by atoms with Gasteiger partial charge in [0.2, 0.25) is 0 Å². The number of aryl methyl sites for hydroxylation is 1. The molecule has 0 radical (unpaired) electrons. The van der Waals surface area contributed by atoms with Crippen LogP contribution in [-0.2, 0) is 13.2 Å². The minimum Gasteiger partial charge on any atom is -0.390 e. The van der Waals surface area contributed by atoms with Crippen molar-refractivity contribution in [2.75, 3.05) is 0 Å². The van der Waals surface area contributed by atoms with Gasteiger partial charge in [-0.25, -0.2) is 9.67 Å². The Morgan fingerprint density at radius 3 is 3.00 bits per heavy atom. The van der Waals surface area contributed by atoms with E-state index in [1.165, 1.54) is 17.7 Å². The van der Waals surface area contributed by atoms with Gasteiger partial charge < -0.3 is 10.4 Å². The summed E-state index contributed by atoms with van der Waals surface area (Å²) in [6.07, 6.45) is 6.58. The maximum Gasteiger partial charge on any atom is 0.108 e. The summed E-state index contributed by atoms with van der Waals surface area (Å²) < 4.78 is 1.92. The second-order valence-electron chi connectivity index (χ2n) is 5.55. The zero-order valence-electron chi connectivity index (χ0n) is 12.2. The van der Waals surface area contributed by atoms with E-state index in [-0.39, 0.29) is 6.61 Å². The Hall–Kier alpha value is -1.31. The van der Waals surface area contributed by atoms with E-state index in [2.05, 4.69) is 27.5 Å². The van der Waals surface area contributed by atoms with Crippen molar-refractivity contribution in [2.45, 2.75) is 57.8 Å². The van der Waals surface area contributed by atoms with Gasteiger partial charge in [0.1, 0.15) is 5.69 Å². The largest absolute Gasteiger partial charge is 0.390 e. The van der Waals surface area contributed by atoms with E-state index >= 15 is 0 Å². The molecule has 114 valence electrons. The van der Waals surface area contributed by atoms with Crippen LogP contribution in [0.15, 0.2) is 11.7 Å². The highest BCUT2D eigenvalue weighted by Gasteiger charge is 2.27. The van der Waals surface area contributed by atoms with Crippen LogP contribution >= 0.6 is 11.3 Å². The van der Waals surface area contributed by atoms with Crippen molar-refractivity contribution in [3.05, 3.63) is 28.0 Å². The molecule has 0 unspecified atom stereocenters. The predicted molar refractivity (Wildman–Crippen MR) is 80.9 cm³/mol. The zero-order valence-corrected chi connectivity index (χ0v) is 13.0. The highest BCUT2D eigenvalue weighted by atomic mass is 32.1. The molecule has 3 rings (SSSR count). The minimum atomic E-state index is -0.0507. The Kier molecular flexibility index (Phi) is 4.62. The molecule has 0 aliphatic heterocycles. The normalized spacial score (nSPS) is 22.6. The van der Waals surface area contributed by atoms with Crippen molar-refractivity contribution in [1.29, 1.82) is 0 Å². The summed E-state index contributed by atoms with van der Waals surface area (Å²) in [6.45, 7) is 2.86. The average molecular weight is 307 g/mol. The number of nitrogens with one attached hydrogen (secondary N) is 1. The molecule has 2 aromatic heterocycles. The Labute approximate surface area is 128 Å². The van der Waals surface area contributed by atoms with Crippen LogP contribution in [0.5, 0.6) is 0 Å². The second kappa shape index (κ2) is 6.64. The smallest absolute Gasteiger partial charge is 0.108 e. The molecule has 0 amide bonds. The fraction of sp³-hybridized carbons (Fsp3) is 0.643. The summed E-state index contributed by atoms with van der Waals surface area (Å²) in [5.41, 5.74) is 3.65. The molecule has 1 aliphatic rings. The molecule has 0 aromatic carbocycles. The third-order valence-electron chi connectivity index (χ3n) is 4.16. The van der Waals surface area contributed by atoms with Crippen molar-refractivity contribution >= 4 is 11.3 Å². The van der Waals surface area contributed by atoms with E-state index in [9.17, 15) is 0 Å². The molecule has 21 heavy (non-hydrogen) atoms. The fourth-order valence-corrected chi connectivity index (χ4v) is 3.66. The maximum atomic E-state index is 9.14. The number of thiazole rings is 1. The number of hydrogen-bond donors (Lipinski definition) is 2. The summed E-state index contributed by atoms with van der Waals surface area (Å²) >= 11 is 1.70. The van der Waals surface area contributed by atoms with Crippen LogP contribution in [-0.4, -0.2) is 31.1 Å². The molecule has 0 bridgehead atoms. The SMILES string of the molecule is Cc1ncsc1CN[C@H]1CCCC[C@H]1n1cc(CO)nn1. The average Bonchev–Trinajstić information content (AvgIpc) is 3.14. The van der Waals surface area contributed by atoms with Crippen LogP contribution < -0.4 is 5.32 Å². The molecule has 2 atom stereocenters. The third-order valence-corrected chi connectivity index (χ3v) is 5.09. The summed E-state index contributed by atoms with van der Waals surface area (Å²) in [6, 6.07) is 0.716. The first-order chi connectivity index (χ1) is 10.3. The van der Waals surface area contributed by atoms with Crippen LogP contribution in [0.2, 0.25) is 0 Å². The summed E-state index contributed by atoms with van der Waals surface area (Å²) in [4.78, 5) is 5.60. The van der Waals surface area contributed by atoms with E-state index in [0.717, 1.165) is 25.1 Å². The molecule has 7 heteroatoms. The first-order valence-electron chi connectivity index (χ1n) is 7.42. The van der Waals surface area contributed by atoms with E-state index in [0.29, 0.717) is 17.8 Å². The van der Waals surface area contributed by atoms with E-state index < -0.39 is 0 Å². The molecule has 0 spiro atoms. The summed E-state index contributed by atoms with van der Waals surface area (Å²) in [5.74, 6) is 0. The Morgan fingerprint density at radius 2 is 2.29 bits per heavy atom. The van der Waals surface area contributed by atoms with E-state index in [4.69, 9.17) is 5.11 Å². The molecule has 1 fully saturated rings. The lowest BCUT2D eigenvalue weighted by Crippen LogP contribution is -2.39. The molecule has 0 saturated heterocycles. The number of aliphatic hydroxyl groups excluding tert-OH is 1. The molecule has 2 aromatic rings. The molecule has 1 aliphatic carbocycles. The standard InChI is InChI=1S/C14H21N5OS/c1-10-14(21-9-16-10)6-15-12-4-2-3-5-13(12)19-7-11(8-20)17-18-19/h7,9,12-13,15,20H,2-6,8H2,1H3/t12-,13+/m0/s1. The predicted octanol–water partition coefficient (Wildman–Crippen LogP) is 1.81. The van der Waals surface area contributed by atoms with Crippen LogP contribution in [0.1, 0.15) is 48.0 Å². The summed E-state index contributed by atoms with van der Waals surface area (Å²) in [7, 11) is 0. The van der Waals surface area contributed by atoms with E-state index in [1.54, 1.807) is 11.3 Å². The topological polar surface area (TPSA) is 75.9 Å². The van der Waals surface area contributed by atoms with Gasteiger partial charge in [-0.3, -0.25) is 0 Å². The lowest BCUT2D eigenvalue weighted by atomic mass is 9.90. The van der Waals surface area contributed by atoms with Gasteiger partial charge in [0.05, 0.1) is 30.1 Å². The second-order valence-corrected chi connectivity index (χ2v) is 6.49. The van der Waals surface area contributed by atoms with Gasteiger partial charge in [-0.2, -0.15) is 0 Å². The first-order valence-corrected chi connectivity index (χ1v) is 8.30. The minimum absolute atomic E-state index is 0.0507. The lowest BCUT2D eigenvalue weighted by molar-refractivity contribution is 0.242. The molecular formula is C14H21N5OS. The van der Waals surface area contributed by atoms with Crippen molar-refractivity contribution < 1.29 is 5.11 Å². The van der Waals surface area contributed by atoms with Crippen molar-refractivity contribution in [3.8, 4) is 0 Å². The highest BCUT2D eigenvalue weighted by Crippen LogP contribution is 2.28. The number of hydrogen-bond acceptors (Lipinski definition) is 6. The summed E-state index contributed by atoms with van der Waals surface area (Å²) in [5, 5.41) is 21.0. The lowest BCUT2D eigenvalue weighted by Gasteiger charge is -2.32. The number of rotatable bonds is 5. The highest BCUT2D eigenvalue weighted by molar-refractivity contribution is 7.09. The third kappa shape index (κ3) is 3.30. The van der Waals surface area contributed by atoms with Crippen LogP contribution in [0.25, 0.3) is 0 Å². The maximum absolute atomic E-state index is 9.14. The molecule has 1 saturated carbocycles. The van der Waals surface area contributed by atoms with Gasteiger partial charge in [0.25, 0.3) is 0 Å². The molecule has 6 nitrogen and oxygen atoms in total. The van der Waals surface area contributed by atoms with Gasteiger partial charge in [0, 0.05) is 17.5 Å². The molecular weight excluding hydrogens is 286 g/mol. The Balaban J connectivity index is 1.68. The van der Waals surface area contributed by atoms with Crippen molar-refractivity contribution in [3.63, 3.8) is 0 Å². The van der Waals surface area contributed by atoms with Gasteiger partial charge in [0.15, 0.2) is 0 Å². The van der Waals surface area contributed by atoms with Crippen LogP contribution in [0.3, 0.4) is 0 Å². The van der Waals surface area contributed by atoms with Crippen LogP contribution in [0, 0.1) is 6.92 Å². The fourth-order valence-electron chi connectivity index (χ4n) is 2.93. The van der Waals surface area contributed by atoms with Crippen LogP contribution in [0.4, 0.5) is 0 Å². The van der Waals surface area contributed by atoms with Gasteiger partial charge in [-0.05, 0) is 19.8 Å². The van der Waals surface area contributed by atoms with Crippen molar-refractivity contribution in [2.24, 2.45) is 0 Å². The number of aromatic nitrogens is 4. The monoisotopic (exact) mass is 307 g/mol. The molecule has 2 heterocycles. The Bertz CT molecular complexity index is 581. The number of aliphatic hydroxyl groups is 1. The van der Waals surface area contributed by atoms with E-state index in [1.807, 2.05) is 16.4 Å². The van der Waals surface area contributed by atoms with Gasteiger partial charge in [-0.15, -0.1) is 16.4 Å². The van der Waals surface area contributed by atoms with Crippen molar-refractivity contribution in [1.82, 2.24) is 25.3 Å². The molecule has 2 N–H and O–H groups in total. The Morgan fingerprint density at radius 1 is 1.43 bits per heavy atom. The number of nitrogens with zero attached hydrogens (tertiary/aromatic N) is 4. The van der Waals surface area contributed by atoms with Gasteiger partial charge in [-0.1, -0.05) is 18.1 Å². The first kappa shape index (κ1) is 14.6.